The second-order valence-corrected chi connectivity index (χ2v) is 5.23. The fourth-order valence-electron chi connectivity index (χ4n) is 1.43. The van der Waals surface area contributed by atoms with Crippen molar-refractivity contribution in [2.24, 2.45) is 11.1 Å². The molecule has 2 rings (SSSR count). The summed E-state index contributed by atoms with van der Waals surface area (Å²) >= 11 is 0. The smallest absolute Gasteiger partial charge is 0.274 e. The lowest BCUT2D eigenvalue weighted by atomic mass is 9.87. The molecule has 3 N–H and O–H groups in total. The Morgan fingerprint density at radius 3 is 2.72 bits per heavy atom. The molecule has 0 amide bonds. The molecule has 0 spiro atoms. The first kappa shape index (κ1) is 12.5. The van der Waals surface area contributed by atoms with E-state index in [1.54, 1.807) is 12.1 Å². The lowest BCUT2D eigenvalue weighted by Gasteiger charge is -2.23. The number of hydrogen-bond donors (Lipinski definition) is 2. The Labute approximate surface area is 104 Å². The average molecular weight is 248 g/mol. The van der Waals surface area contributed by atoms with Crippen LogP contribution >= 0.6 is 0 Å². The molecule has 0 saturated carbocycles. The van der Waals surface area contributed by atoms with E-state index in [2.05, 4.69) is 15.1 Å². The minimum absolute atomic E-state index is 0.161. The zero-order valence-electron chi connectivity index (χ0n) is 10.6. The highest BCUT2D eigenvalue weighted by atomic mass is 16.5. The van der Waals surface area contributed by atoms with Gasteiger partial charge in [-0.3, -0.25) is 4.79 Å². The number of nitrogens with zero attached hydrogens (tertiary/aromatic N) is 2. The van der Waals surface area contributed by atoms with Crippen LogP contribution in [0.1, 0.15) is 32.6 Å². The number of nitrogens with one attached hydrogen (secondary N) is 1. The van der Waals surface area contributed by atoms with E-state index in [1.807, 2.05) is 20.8 Å². The monoisotopic (exact) mass is 248 g/mol. The molecular weight excluding hydrogens is 232 g/mol. The van der Waals surface area contributed by atoms with Crippen molar-refractivity contribution in [2.45, 2.75) is 26.8 Å². The summed E-state index contributed by atoms with van der Waals surface area (Å²) < 4.78 is 5.11. The molecule has 1 unspecified atom stereocenters. The molecule has 0 radical (unpaired) electrons. The van der Waals surface area contributed by atoms with E-state index in [0.717, 1.165) is 0 Å². The molecule has 2 heterocycles. The summed E-state index contributed by atoms with van der Waals surface area (Å²) in [5.41, 5.74) is 6.15. The minimum Gasteiger partial charge on any atom is -0.332 e. The second kappa shape index (κ2) is 4.38. The number of nitrogens with two attached hydrogens (primary N) is 1. The van der Waals surface area contributed by atoms with Crippen molar-refractivity contribution in [3.05, 3.63) is 34.4 Å². The maximum Gasteiger partial charge on any atom is 0.274 e. The number of hydrogen-bond acceptors (Lipinski definition) is 5. The van der Waals surface area contributed by atoms with Crippen LogP contribution in [0.3, 0.4) is 0 Å². The molecule has 6 nitrogen and oxygen atoms in total. The SMILES string of the molecule is CC(C)(C)C(N)c1noc(-c2cccc(=O)[nH]2)n1. The van der Waals surface area contributed by atoms with E-state index in [4.69, 9.17) is 10.3 Å². The van der Waals surface area contributed by atoms with Gasteiger partial charge in [-0.2, -0.15) is 4.98 Å². The molecule has 2 aromatic heterocycles. The lowest BCUT2D eigenvalue weighted by Crippen LogP contribution is -2.27. The third-order valence-corrected chi connectivity index (χ3v) is 2.65. The van der Waals surface area contributed by atoms with Gasteiger partial charge >= 0.3 is 0 Å². The Morgan fingerprint density at radius 1 is 1.39 bits per heavy atom. The Hall–Kier alpha value is -1.95. The van der Waals surface area contributed by atoms with E-state index in [9.17, 15) is 4.79 Å². The summed E-state index contributed by atoms with van der Waals surface area (Å²) in [6.45, 7) is 5.99. The zero-order valence-corrected chi connectivity index (χ0v) is 10.6. The summed E-state index contributed by atoms with van der Waals surface area (Å²) in [6.07, 6.45) is 0. The Kier molecular flexibility index (Phi) is 3.04. The molecule has 0 aromatic carbocycles. The van der Waals surface area contributed by atoms with Gasteiger partial charge < -0.3 is 15.2 Å². The van der Waals surface area contributed by atoms with Gasteiger partial charge in [0, 0.05) is 6.07 Å². The van der Waals surface area contributed by atoms with Gasteiger partial charge in [-0.25, -0.2) is 0 Å². The van der Waals surface area contributed by atoms with Crippen molar-refractivity contribution >= 4 is 0 Å². The third-order valence-electron chi connectivity index (χ3n) is 2.65. The van der Waals surface area contributed by atoms with E-state index in [1.165, 1.54) is 6.07 Å². The van der Waals surface area contributed by atoms with Crippen molar-refractivity contribution < 1.29 is 4.52 Å². The number of rotatable bonds is 2. The highest BCUT2D eigenvalue weighted by Gasteiger charge is 2.27. The van der Waals surface area contributed by atoms with Crippen LogP contribution < -0.4 is 11.3 Å². The maximum absolute atomic E-state index is 11.2. The van der Waals surface area contributed by atoms with Gasteiger partial charge in [0.1, 0.15) is 5.69 Å². The average Bonchev–Trinajstić information content (AvgIpc) is 2.75. The van der Waals surface area contributed by atoms with Crippen LogP contribution in [0.15, 0.2) is 27.5 Å². The van der Waals surface area contributed by atoms with Crippen LogP contribution in [0.2, 0.25) is 0 Å². The summed E-state index contributed by atoms with van der Waals surface area (Å²) in [6, 6.07) is 4.41. The molecule has 0 aliphatic carbocycles. The first-order valence-electron chi connectivity index (χ1n) is 5.67. The Balaban J connectivity index is 2.34. The fraction of sp³-hybridized carbons (Fsp3) is 0.417. The van der Waals surface area contributed by atoms with Gasteiger partial charge in [-0.15, -0.1) is 0 Å². The molecule has 2 aromatic rings. The minimum atomic E-state index is -0.328. The number of aromatic amines is 1. The van der Waals surface area contributed by atoms with Crippen LogP contribution in [0.25, 0.3) is 11.6 Å². The third kappa shape index (κ3) is 2.48. The Bertz CT molecular complexity index is 594. The predicted octanol–water partition coefficient (Wildman–Crippen LogP) is 1.47. The molecule has 0 aliphatic rings. The summed E-state index contributed by atoms with van der Waals surface area (Å²) in [4.78, 5) is 18.0. The quantitative estimate of drug-likeness (QED) is 0.838. The largest absolute Gasteiger partial charge is 0.332 e. The van der Waals surface area contributed by atoms with Gasteiger partial charge in [0.15, 0.2) is 5.82 Å². The number of H-pyrrole nitrogens is 1. The van der Waals surface area contributed by atoms with Crippen LogP contribution in [-0.4, -0.2) is 15.1 Å². The molecule has 96 valence electrons. The van der Waals surface area contributed by atoms with Gasteiger partial charge in [0.2, 0.25) is 5.56 Å². The number of pyridine rings is 1. The standard InChI is InChI=1S/C12H16N4O2/c1-12(2,3)9(13)10-15-11(18-16-10)7-5-4-6-8(17)14-7/h4-6,9H,13H2,1-3H3,(H,14,17). The van der Waals surface area contributed by atoms with Crippen molar-refractivity contribution in [3.8, 4) is 11.6 Å². The summed E-state index contributed by atoms with van der Waals surface area (Å²) in [5.74, 6) is 0.699. The van der Waals surface area contributed by atoms with Crippen molar-refractivity contribution in [2.75, 3.05) is 0 Å². The topological polar surface area (TPSA) is 97.8 Å². The first-order valence-corrected chi connectivity index (χ1v) is 5.67. The first-order chi connectivity index (χ1) is 8.38. The molecule has 6 heteroatoms. The fourth-order valence-corrected chi connectivity index (χ4v) is 1.43. The predicted molar refractivity (Wildman–Crippen MR) is 66.7 cm³/mol. The van der Waals surface area contributed by atoms with Gasteiger partial charge in [0.25, 0.3) is 5.89 Å². The molecule has 0 bridgehead atoms. The van der Waals surface area contributed by atoms with Gasteiger partial charge in [-0.05, 0) is 11.5 Å². The van der Waals surface area contributed by atoms with E-state index in [0.29, 0.717) is 11.5 Å². The molecule has 1 atom stereocenters. The van der Waals surface area contributed by atoms with Gasteiger partial charge in [-0.1, -0.05) is 32.0 Å². The van der Waals surface area contributed by atoms with Crippen LogP contribution in [-0.2, 0) is 0 Å². The summed E-state index contributed by atoms with van der Waals surface area (Å²) in [7, 11) is 0. The highest BCUT2D eigenvalue weighted by Crippen LogP contribution is 2.29. The molecular formula is C12H16N4O2. The zero-order chi connectivity index (χ0) is 13.3. The molecule has 0 aliphatic heterocycles. The normalized spacial score (nSPS) is 13.6. The second-order valence-electron chi connectivity index (χ2n) is 5.23. The van der Waals surface area contributed by atoms with Crippen LogP contribution in [0.5, 0.6) is 0 Å². The molecule has 0 fully saturated rings. The highest BCUT2D eigenvalue weighted by molar-refractivity contribution is 5.45. The molecule has 0 saturated heterocycles. The van der Waals surface area contributed by atoms with Gasteiger partial charge in [0.05, 0.1) is 6.04 Å². The van der Waals surface area contributed by atoms with E-state index in [-0.39, 0.29) is 22.9 Å². The van der Waals surface area contributed by atoms with Crippen molar-refractivity contribution in [1.29, 1.82) is 0 Å². The van der Waals surface area contributed by atoms with Crippen LogP contribution in [0.4, 0.5) is 0 Å². The maximum atomic E-state index is 11.2. The number of aromatic nitrogens is 3. The van der Waals surface area contributed by atoms with Crippen molar-refractivity contribution in [3.63, 3.8) is 0 Å². The lowest BCUT2D eigenvalue weighted by molar-refractivity contribution is 0.303. The van der Waals surface area contributed by atoms with E-state index < -0.39 is 0 Å². The van der Waals surface area contributed by atoms with Crippen LogP contribution in [0, 0.1) is 5.41 Å². The van der Waals surface area contributed by atoms with Crippen molar-refractivity contribution in [1.82, 2.24) is 15.1 Å². The van der Waals surface area contributed by atoms with E-state index >= 15 is 0 Å². The summed E-state index contributed by atoms with van der Waals surface area (Å²) in [5, 5.41) is 3.86. The Morgan fingerprint density at radius 2 is 2.11 bits per heavy atom. The molecule has 18 heavy (non-hydrogen) atoms.